The van der Waals surface area contributed by atoms with Crippen molar-refractivity contribution in [1.29, 1.82) is 0 Å². The maximum absolute atomic E-state index is 11.9. The Balaban J connectivity index is 2.37. The van der Waals surface area contributed by atoms with E-state index in [9.17, 15) is 4.79 Å². The van der Waals surface area contributed by atoms with Crippen LogP contribution in [0.15, 0.2) is 22.7 Å². The third kappa shape index (κ3) is 2.07. The van der Waals surface area contributed by atoms with E-state index in [1.165, 1.54) is 0 Å². The first-order chi connectivity index (χ1) is 7.08. The molecule has 1 atom stereocenters. The van der Waals surface area contributed by atoms with E-state index in [1.54, 1.807) is 0 Å². The van der Waals surface area contributed by atoms with Gasteiger partial charge in [0.15, 0.2) is 5.78 Å². The minimum Gasteiger partial charge on any atom is -0.489 e. The van der Waals surface area contributed by atoms with E-state index in [-0.39, 0.29) is 11.9 Å². The smallest absolute Gasteiger partial charge is 0.170 e. The van der Waals surface area contributed by atoms with Crippen molar-refractivity contribution >= 4 is 21.7 Å². The van der Waals surface area contributed by atoms with Gasteiger partial charge in [-0.3, -0.25) is 4.79 Å². The molecule has 2 nitrogen and oxygen atoms in total. The van der Waals surface area contributed by atoms with Crippen LogP contribution in [0, 0.1) is 5.92 Å². The fraction of sp³-hybridized carbons (Fsp3) is 0.417. The second kappa shape index (κ2) is 3.97. The molecule has 1 unspecified atom stereocenters. The molecule has 0 saturated carbocycles. The van der Waals surface area contributed by atoms with E-state index < -0.39 is 0 Å². The quantitative estimate of drug-likeness (QED) is 0.780. The molecular formula is C12H13BrO2. The van der Waals surface area contributed by atoms with Crippen LogP contribution in [-0.4, -0.2) is 11.9 Å². The Morgan fingerprint density at radius 3 is 2.87 bits per heavy atom. The molecule has 0 spiro atoms. The van der Waals surface area contributed by atoms with Gasteiger partial charge in [-0.05, 0) is 24.1 Å². The average molecular weight is 269 g/mol. The number of rotatable bonds is 1. The summed E-state index contributed by atoms with van der Waals surface area (Å²) in [5.41, 5.74) is 0.696. The van der Waals surface area contributed by atoms with Crippen molar-refractivity contribution < 1.29 is 9.53 Å². The summed E-state index contributed by atoms with van der Waals surface area (Å²) in [5, 5.41) is 0. The van der Waals surface area contributed by atoms with Gasteiger partial charge in [-0.1, -0.05) is 29.8 Å². The average Bonchev–Trinajstić information content (AvgIpc) is 2.18. The van der Waals surface area contributed by atoms with Gasteiger partial charge in [-0.2, -0.15) is 0 Å². The fourth-order valence-corrected chi connectivity index (χ4v) is 2.05. The summed E-state index contributed by atoms with van der Waals surface area (Å²) in [6.07, 6.45) is 0.507. The molecule has 0 bridgehead atoms. The summed E-state index contributed by atoms with van der Waals surface area (Å²) in [6, 6.07) is 5.58. The number of hydrogen-bond acceptors (Lipinski definition) is 2. The third-order valence-electron chi connectivity index (χ3n) is 2.65. The lowest BCUT2D eigenvalue weighted by Crippen LogP contribution is -2.31. The van der Waals surface area contributed by atoms with Crippen molar-refractivity contribution in [2.75, 3.05) is 0 Å². The van der Waals surface area contributed by atoms with E-state index in [1.807, 2.05) is 18.2 Å². The van der Waals surface area contributed by atoms with Crippen LogP contribution < -0.4 is 4.74 Å². The molecule has 80 valence electrons. The highest BCUT2D eigenvalue weighted by atomic mass is 79.9. The van der Waals surface area contributed by atoms with Gasteiger partial charge in [-0.25, -0.2) is 0 Å². The second-order valence-electron chi connectivity index (χ2n) is 4.17. The van der Waals surface area contributed by atoms with Gasteiger partial charge in [0.1, 0.15) is 11.9 Å². The zero-order chi connectivity index (χ0) is 11.0. The van der Waals surface area contributed by atoms with E-state index in [0.29, 0.717) is 23.7 Å². The maximum atomic E-state index is 11.9. The zero-order valence-electron chi connectivity index (χ0n) is 8.79. The fourth-order valence-electron chi connectivity index (χ4n) is 1.69. The van der Waals surface area contributed by atoms with Crippen molar-refractivity contribution in [2.45, 2.75) is 26.4 Å². The number of halogens is 1. The van der Waals surface area contributed by atoms with Gasteiger partial charge in [0, 0.05) is 10.9 Å². The first-order valence-corrected chi connectivity index (χ1v) is 5.86. The predicted octanol–water partition coefficient (Wildman–Crippen LogP) is 3.44. The summed E-state index contributed by atoms with van der Waals surface area (Å²) in [6.45, 7) is 4.14. The van der Waals surface area contributed by atoms with Crippen LogP contribution in [0.1, 0.15) is 30.6 Å². The number of benzene rings is 1. The monoisotopic (exact) mass is 268 g/mol. The van der Waals surface area contributed by atoms with Crippen LogP contribution in [-0.2, 0) is 0 Å². The molecule has 1 aromatic carbocycles. The van der Waals surface area contributed by atoms with Crippen LogP contribution in [0.3, 0.4) is 0 Å². The van der Waals surface area contributed by atoms with E-state index in [2.05, 4.69) is 29.8 Å². The minimum atomic E-state index is 0.0196. The van der Waals surface area contributed by atoms with Crippen molar-refractivity contribution in [3.05, 3.63) is 28.2 Å². The van der Waals surface area contributed by atoms with Gasteiger partial charge in [0.25, 0.3) is 0 Å². The summed E-state index contributed by atoms with van der Waals surface area (Å²) in [4.78, 5) is 11.9. The topological polar surface area (TPSA) is 26.3 Å². The number of carbonyl (C=O) groups excluding carboxylic acids is 1. The number of ketones is 1. The van der Waals surface area contributed by atoms with Crippen LogP contribution in [0.4, 0.5) is 0 Å². The molecule has 0 amide bonds. The Hall–Kier alpha value is -0.830. The Morgan fingerprint density at radius 2 is 2.20 bits per heavy atom. The van der Waals surface area contributed by atoms with Gasteiger partial charge >= 0.3 is 0 Å². The Labute approximate surface area is 97.8 Å². The molecule has 3 heteroatoms. The lowest BCUT2D eigenvalue weighted by Gasteiger charge is -2.27. The molecule has 0 aliphatic carbocycles. The van der Waals surface area contributed by atoms with Crippen molar-refractivity contribution in [1.82, 2.24) is 0 Å². The minimum absolute atomic E-state index is 0.0196. The standard InChI is InChI=1S/C12H13BrO2/c1-7(2)12-6-10(14)9-5-8(13)3-4-11(9)15-12/h3-5,7,12H,6H2,1-2H3. The molecule has 1 aliphatic rings. The normalized spacial score (nSPS) is 20.0. The molecule has 1 aliphatic heterocycles. The van der Waals surface area contributed by atoms with E-state index in [4.69, 9.17) is 4.74 Å². The largest absolute Gasteiger partial charge is 0.489 e. The van der Waals surface area contributed by atoms with Crippen LogP contribution in [0.25, 0.3) is 0 Å². The third-order valence-corrected chi connectivity index (χ3v) is 3.14. The molecular weight excluding hydrogens is 256 g/mol. The van der Waals surface area contributed by atoms with Gasteiger partial charge in [0.2, 0.25) is 0 Å². The molecule has 15 heavy (non-hydrogen) atoms. The molecule has 0 aromatic heterocycles. The zero-order valence-corrected chi connectivity index (χ0v) is 10.4. The summed E-state index contributed by atoms with van der Waals surface area (Å²) in [5.74, 6) is 1.26. The summed E-state index contributed by atoms with van der Waals surface area (Å²) >= 11 is 3.35. The number of ether oxygens (including phenoxy) is 1. The lowest BCUT2D eigenvalue weighted by atomic mass is 9.95. The SMILES string of the molecule is CC(C)C1CC(=O)c2cc(Br)ccc2O1. The molecule has 0 fully saturated rings. The highest BCUT2D eigenvalue weighted by Crippen LogP contribution is 2.32. The number of hydrogen-bond donors (Lipinski definition) is 0. The van der Waals surface area contributed by atoms with Crippen molar-refractivity contribution in [3.63, 3.8) is 0 Å². The highest BCUT2D eigenvalue weighted by molar-refractivity contribution is 9.10. The summed E-state index contributed by atoms with van der Waals surface area (Å²) in [7, 11) is 0. The van der Waals surface area contributed by atoms with Gasteiger partial charge < -0.3 is 4.74 Å². The lowest BCUT2D eigenvalue weighted by molar-refractivity contribution is 0.0772. The Kier molecular flexibility index (Phi) is 2.83. The number of carbonyl (C=O) groups is 1. The molecule has 2 rings (SSSR count). The maximum Gasteiger partial charge on any atom is 0.170 e. The van der Waals surface area contributed by atoms with Crippen molar-refractivity contribution in [2.24, 2.45) is 5.92 Å². The number of Topliss-reactive ketones (excluding diaryl/α,β-unsaturated/α-hetero) is 1. The number of fused-ring (bicyclic) bond motifs is 1. The summed E-state index contributed by atoms with van der Waals surface area (Å²) < 4.78 is 6.69. The van der Waals surface area contributed by atoms with E-state index >= 15 is 0 Å². The van der Waals surface area contributed by atoms with Crippen molar-refractivity contribution in [3.8, 4) is 5.75 Å². The first-order valence-electron chi connectivity index (χ1n) is 5.07. The second-order valence-corrected chi connectivity index (χ2v) is 5.08. The van der Waals surface area contributed by atoms with Crippen LogP contribution in [0.5, 0.6) is 5.75 Å². The highest BCUT2D eigenvalue weighted by Gasteiger charge is 2.28. The Morgan fingerprint density at radius 1 is 1.47 bits per heavy atom. The molecule has 0 radical (unpaired) electrons. The first kappa shape index (κ1) is 10.7. The molecule has 1 aromatic rings. The Bertz CT molecular complexity index is 399. The van der Waals surface area contributed by atoms with Crippen LogP contribution >= 0.6 is 15.9 Å². The van der Waals surface area contributed by atoms with Gasteiger partial charge in [-0.15, -0.1) is 0 Å². The molecule has 0 saturated heterocycles. The van der Waals surface area contributed by atoms with E-state index in [0.717, 1.165) is 4.47 Å². The predicted molar refractivity (Wildman–Crippen MR) is 62.3 cm³/mol. The van der Waals surface area contributed by atoms with Gasteiger partial charge in [0.05, 0.1) is 5.56 Å². The molecule has 0 N–H and O–H groups in total. The van der Waals surface area contributed by atoms with Crippen LogP contribution in [0.2, 0.25) is 0 Å². The molecule has 1 heterocycles.